The lowest BCUT2D eigenvalue weighted by Gasteiger charge is -2.16. The van der Waals surface area contributed by atoms with Crippen LogP contribution in [0.5, 0.6) is 0 Å². The van der Waals surface area contributed by atoms with E-state index >= 15 is 0 Å². The van der Waals surface area contributed by atoms with Crippen molar-refractivity contribution in [3.05, 3.63) is 17.5 Å². The lowest BCUT2D eigenvalue weighted by molar-refractivity contribution is 0.373. The molecule has 2 N–H and O–H groups in total. The van der Waals surface area contributed by atoms with Crippen LogP contribution in [0.2, 0.25) is 0 Å². The van der Waals surface area contributed by atoms with E-state index in [1.807, 2.05) is 41.5 Å². The zero-order valence-electron chi connectivity index (χ0n) is 13.3. The SMILES string of the molecule is CC(C)c1noc([C@H](C)Sc2nnc(C(C)(C)C)n2N)n1. The van der Waals surface area contributed by atoms with Crippen LogP contribution in [-0.2, 0) is 5.41 Å². The fourth-order valence-corrected chi connectivity index (χ4v) is 2.52. The zero-order chi connectivity index (χ0) is 15.8. The standard InChI is InChI=1S/C13H22N6OS/c1-7(2)9-15-10(20-18-9)8(3)21-12-17-16-11(19(12)14)13(4,5)6/h7-8H,14H2,1-6H3/t8-/m0/s1. The van der Waals surface area contributed by atoms with Crippen molar-refractivity contribution in [2.45, 2.75) is 63.3 Å². The van der Waals surface area contributed by atoms with Gasteiger partial charge in [0.15, 0.2) is 11.6 Å². The second-order valence-electron chi connectivity index (χ2n) is 6.33. The molecule has 0 bridgehead atoms. The third-order valence-corrected chi connectivity index (χ3v) is 3.98. The average Bonchev–Trinajstić information content (AvgIpc) is 2.96. The summed E-state index contributed by atoms with van der Waals surface area (Å²) in [6.45, 7) is 12.2. The van der Waals surface area contributed by atoms with Gasteiger partial charge in [-0.2, -0.15) is 4.98 Å². The van der Waals surface area contributed by atoms with Crippen LogP contribution in [0.25, 0.3) is 0 Å². The Kier molecular flexibility index (Phi) is 4.27. The molecule has 116 valence electrons. The molecule has 2 rings (SSSR count). The number of nitrogens with two attached hydrogens (primary N) is 1. The highest BCUT2D eigenvalue weighted by Crippen LogP contribution is 2.34. The average molecular weight is 310 g/mol. The summed E-state index contributed by atoms with van der Waals surface area (Å²) in [5, 5.41) is 12.9. The molecule has 0 amide bonds. The molecule has 21 heavy (non-hydrogen) atoms. The van der Waals surface area contributed by atoms with Gasteiger partial charge in [-0.15, -0.1) is 10.2 Å². The van der Waals surface area contributed by atoms with Crippen molar-refractivity contribution < 1.29 is 4.52 Å². The van der Waals surface area contributed by atoms with Crippen LogP contribution < -0.4 is 5.84 Å². The lowest BCUT2D eigenvalue weighted by Crippen LogP contribution is -2.24. The summed E-state index contributed by atoms with van der Waals surface area (Å²) in [4.78, 5) is 4.39. The van der Waals surface area contributed by atoms with Crippen LogP contribution in [0.4, 0.5) is 0 Å². The van der Waals surface area contributed by atoms with Gasteiger partial charge in [-0.3, -0.25) is 0 Å². The molecule has 0 saturated carbocycles. The molecule has 8 heteroatoms. The van der Waals surface area contributed by atoms with E-state index in [2.05, 4.69) is 20.3 Å². The highest BCUT2D eigenvalue weighted by molar-refractivity contribution is 7.99. The normalized spacial score (nSPS) is 13.9. The molecule has 0 aliphatic heterocycles. The number of hydrogen-bond donors (Lipinski definition) is 1. The summed E-state index contributed by atoms with van der Waals surface area (Å²) in [6.07, 6.45) is 0. The summed E-state index contributed by atoms with van der Waals surface area (Å²) < 4.78 is 6.82. The molecule has 2 aromatic rings. The van der Waals surface area contributed by atoms with Gasteiger partial charge in [0.1, 0.15) is 0 Å². The van der Waals surface area contributed by atoms with Gasteiger partial charge in [0.05, 0.1) is 5.25 Å². The van der Waals surface area contributed by atoms with Crippen LogP contribution in [0.15, 0.2) is 9.68 Å². The van der Waals surface area contributed by atoms with E-state index in [9.17, 15) is 0 Å². The first-order valence-electron chi connectivity index (χ1n) is 6.91. The number of nitrogens with zero attached hydrogens (tertiary/aromatic N) is 5. The van der Waals surface area contributed by atoms with E-state index in [0.717, 1.165) is 5.82 Å². The molecule has 0 unspecified atom stereocenters. The van der Waals surface area contributed by atoms with Crippen LogP contribution in [0.3, 0.4) is 0 Å². The Morgan fingerprint density at radius 2 is 1.86 bits per heavy atom. The largest absolute Gasteiger partial charge is 0.338 e. The molecular formula is C13H22N6OS. The number of hydrogen-bond acceptors (Lipinski definition) is 7. The van der Waals surface area contributed by atoms with Crippen LogP contribution >= 0.6 is 11.8 Å². The van der Waals surface area contributed by atoms with Crippen molar-refractivity contribution in [3.8, 4) is 0 Å². The minimum Gasteiger partial charge on any atom is -0.338 e. The maximum atomic E-state index is 6.07. The van der Waals surface area contributed by atoms with E-state index in [4.69, 9.17) is 10.4 Å². The topological polar surface area (TPSA) is 95.7 Å². The second kappa shape index (κ2) is 5.67. The van der Waals surface area contributed by atoms with Gasteiger partial charge < -0.3 is 10.4 Å². The molecule has 0 aliphatic carbocycles. The number of nitrogen functional groups attached to an aromatic ring is 1. The van der Waals surface area contributed by atoms with E-state index in [-0.39, 0.29) is 16.6 Å². The minimum atomic E-state index is -0.154. The molecule has 0 saturated heterocycles. The minimum absolute atomic E-state index is 0.0377. The maximum Gasteiger partial charge on any atom is 0.239 e. The third kappa shape index (κ3) is 3.37. The summed E-state index contributed by atoms with van der Waals surface area (Å²) >= 11 is 1.45. The molecule has 7 nitrogen and oxygen atoms in total. The number of aromatic nitrogens is 5. The smallest absolute Gasteiger partial charge is 0.239 e. The van der Waals surface area contributed by atoms with Crippen LogP contribution in [0, 0.1) is 0 Å². The highest BCUT2D eigenvalue weighted by Gasteiger charge is 2.25. The molecule has 0 aliphatic rings. The predicted molar refractivity (Wildman–Crippen MR) is 81.5 cm³/mol. The van der Waals surface area contributed by atoms with E-state index in [1.165, 1.54) is 16.4 Å². The van der Waals surface area contributed by atoms with Gasteiger partial charge in [-0.1, -0.05) is 51.5 Å². The van der Waals surface area contributed by atoms with Crippen molar-refractivity contribution in [2.24, 2.45) is 0 Å². The third-order valence-electron chi connectivity index (χ3n) is 2.94. The quantitative estimate of drug-likeness (QED) is 0.685. The summed E-state index contributed by atoms with van der Waals surface area (Å²) in [6, 6.07) is 0. The molecule has 2 aromatic heterocycles. The first-order chi connectivity index (χ1) is 9.70. The van der Waals surface area contributed by atoms with Gasteiger partial charge in [0, 0.05) is 11.3 Å². The molecule has 0 radical (unpaired) electrons. The van der Waals surface area contributed by atoms with Gasteiger partial charge in [-0.25, -0.2) is 4.68 Å². The second-order valence-corrected chi connectivity index (χ2v) is 7.64. The maximum absolute atomic E-state index is 6.07. The Bertz CT molecular complexity index is 612. The fraction of sp³-hybridized carbons (Fsp3) is 0.692. The Labute approximate surface area is 128 Å². The van der Waals surface area contributed by atoms with Gasteiger partial charge in [-0.05, 0) is 6.92 Å². The molecule has 0 spiro atoms. The van der Waals surface area contributed by atoms with Crippen molar-refractivity contribution in [1.82, 2.24) is 25.0 Å². The van der Waals surface area contributed by atoms with Crippen molar-refractivity contribution >= 4 is 11.8 Å². The molecule has 1 atom stereocenters. The van der Waals surface area contributed by atoms with E-state index < -0.39 is 0 Å². The van der Waals surface area contributed by atoms with E-state index in [1.54, 1.807) is 0 Å². The van der Waals surface area contributed by atoms with Crippen molar-refractivity contribution in [3.63, 3.8) is 0 Å². The van der Waals surface area contributed by atoms with Crippen LogP contribution in [0.1, 0.15) is 70.2 Å². The Morgan fingerprint density at radius 1 is 1.19 bits per heavy atom. The number of thioether (sulfide) groups is 1. The molecule has 0 fully saturated rings. The molecular weight excluding hydrogens is 288 g/mol. The van der Waals surface area contributed by atoms with Gasteiger partial charge in [0.25, 0.3) is 0 Å². The van der Waals surface area contributed by atoms with E-state index in [0.29, 0.717) is 16.9 Å². The molecule has 2 heterocycles. The monoisotopic (exact) mass is 310 g/mol. The van der Waals surface area contributed by atoms with Crippen molar-refractivity contribution in [1.29, 1.82) is 0 Å². The van der Waals surface area contributed by atoms with Gasteiger partial charge in [0.2, 0.25) is 11.0 Å². The fourth-order valence-electron chi connectivity index (χ4n) is 1.72. The Balaban J connectivity index is 2.16. The summed E-state index contributed by atoms with van der Waals surface area (Å²) in [7, 11) is 0. The van der Waals surface area contributed by atoms with Gasteiger partial charge >= 0.3 is 0 Å². The first-order valence-corrected chi connectivity index (χ1v) is 7.79. The summed E-state index contributed by atoms with van der Waals surface area (Å²) in [5.74, 6) is 8.34. The highest BCUT2D eigenvalue weighted by atomic mass is 32.2. The molecule has 0 aromatic carbocycles. The van der Waals surface area contributed by atoms with Crippen LogP contribution in [-0.4, -0.2) is 25.0 Å². The first kappa shape index (κ1) is 15.8. The van der Waals surface area contributed by atoms with Crippen molar-refractivity contribution in [2.75, 3.05) is 5.84 Å². The number of rotatable bonds is 4. The Morgan fingerprint density at radius 3 is 2.33 bits per heavy atom. The zero-order valence-corrected chi connectivity index (χ0v) is 14.1. The predicted octanol–water partition coefficient (Wildman–Crippen LogP) is 2.65. The Hall–Kier alpha value is -1.57. The lowest BCUT2D eigenvalue weighted by atomic mass is 9.96. The summed E-state index contributed by atoms with van der Waals surface area (Å²) in [5.41, 5.74) is -0.154.